The molecule has 3 rings (SSSR count). The highest BCUT2D eigenvalue weighted by Gasteiger charge is 2.29. The summed E-state index contributed by atoms with van der Waals surface area (Å²) < 4.78 is 10.7. The first-order chi connectivity index (χ1) is 10.2. The van der Waals surface area contributed by atoms with Crippen LogP contribution in [0.25, 0.3) is 0 Å². The highest BCUT2D eigenvalue weighted by molar-refractivity contribution is 6.32. The molecular formula is C14H18ClN3O3. The minimum atomic E-state index is -0.503. The maximum Gasteiger partial charge on any atom is 0.239 e. The zero-order chi connectivity index (χ0) is 14.8. The van der Waals surface area contributed by atoms with Gasteiger partial charge in [0.25, 0.3) is 0 Å². The van der Waals surface area contributed by atoms with Crippen molar-refractivity contribution in [1.82, 2.24) is 10.2 Å². The number of nitrogens with one attached hydrogen (secondary N) is 1. The van der Waals surface area contributed by atoms with Gasteiger partial charge < -0.3 is 20.5 Å². The quantitative estimate of drug-likeness (QED) is 0.867. The molecule has 2 heterocycles. The molecule has 1 atom stereocenters. The third kappa shape index (κ3) is 2.92. The molecule has 0 bridgehead atoms. The van der Waals surface area contributed by atoms with Crippen LogP contribution in [0.15, 0.2) is 12.1 Å². The van der Waals surface area contributed by atoms with E-state index >= 15 is 0 Å². The second-order valence-corrected chi connectivity index (χ2v) is 5.59. The SMILES string of the molecule is NC(=O)C(c1cc(Cl)c2c(c1)OCO2)N1CCCNCC1. The second-order valence-electron chi connectivity index (χ2n) is 5.18. The van der Waals surface area contributed by atoms with Gasteiger partial charge in [-0.3, -0.25) is 9.69 Å². The summed E-state index contributed by atoms with van der Waals surface area (Å²) in [5.41, 5.74) is 6.38. The van der Waals surface area contributed by atoms with E-state index in [1.807, 2.05) is 0 Å². The molecule has 1 amide bonds. The molecule has 1 fully saturated rings. The van der Waals surface area contributed by atoms with Crippen LogP contribution in [-0.2, 0) is 4.79 Å². The largest absolute Gasteiger partial charge is 0.454 e. The van der Waals surface area contributed by atoms with Gasteiger partial charge in [-0.15, -0.1) is 0 Å². The summed E-state index contributed by atoms with van der Waals surface area (Å²) >= 11 is 6.21. The highest BCUT2D eigenvalue weighted by atomic mass is 35.5. The van der Waals surface area contributed by atoms with E-state index in [9.17, 15) is 4.79 Å². The molecule has 114 valence electrons. The Morgan fingerprint density at radius 2 is 2.19 bits per heavy atom. The van der Waals surface area contributed by atoms with Crippen LogP contribution in [0, 0.1) is 0 Å². The fourth-order valence-corrected chi connectivity index (χ4v) is 3.10. The van der Waals surface area contributed by atoms with Gasteiger partial charge in [-0.1, -0.05) is 11.6 Å². The van der Waals surface area contributed by atoms with Crippen molar-refractivity contribution in [1.29, 1.82) is 0 Å². The van der Waals surface area contributed by atoms with Crippen molar-refractivity contribution in [3.63, 3.8) is 0 Å². The van der Waals surface area contributed by atoms with E-state index in [2.05, 4.69) is 10.2 Å². The van der Waals surface area contributed by atoms with Crippen LogP contribution < -0.4 is 20.5 Å². The number of fused-ring (bicyclic) bond motifs is 1. The molecule has 6 nitrogen and oxygen atoms in total. The van der Waals surface area contributed by atoms with Crippen molar-refractivity contribution in [3.05, 3.63) is 22.7 Å². The molecule has 1 saturated heterocycles. The molecule has 21 heavy (non-hydrogen) atoms. The van der Waals surface area contributed by atoms with E-state index in [-0.39, 0.29) is 12.7 Å². The van der Waals surface area contributed by atoms with E-state index in [1.165, 1.54) is 0 Å². The number of hydrogen-bond donors (Lipinski definition) is 2. The molecule has 1 aromatic rings. The Labute approximate surface area is 128 Å². The van der Waals surface area contributed by atoms with Crippen molar-refractivity contribution in [2.45, 2.75) is 12.5 Å². The Bertz CT molecular complexity index is 545. The number of ether oxygens (including phenoxy) is 2. The van der Waals surface area contributed by atoms with E-state index in [4.69, 9.17) is 26.8 Å². The van der Waals surface area contributed by atoms with Gasteiger partial charge in [0, 0.05) is 19.6 Å². The lowest BCUT2D eigenvalue weighted by Crippen LogP contribution is -2.39. The van der Waals surface area contributed by atoms with Crippen molar-refractivity contribution in [2.24, 2.45) is 5.73 Å². The van der Waals surface area contributed by atoms with E-state index < -0.39 is 6.04 Å². The average molecular weight is 312 g/mol. The molecule has 0 saturated carbocycles. The number of primary amides is 1. The van der Waals surface area contributed by atoms with Gasteiger partial charge in [0.1, 0.15) is 6.04 Å². The Morgan fingerprint density at radius 3 is 3.00 bits per heavy atom. The van der Waals surface area contributed by atoms with E-state index in [0.717, 1.165) is 38.2 Å². The molecule has 7 heteroatoms. The maximum atomic E-state index is 12.0. The summed E-state index contributed by atoms with van der Waals surface area (Å²) in [5.74, 6) is 0.713. The van der Waals surface area contributed by atoms with Gasteiger partial charge in [-0.2, -0.15) is 0 Å². The summed E-state index contributed by atoms with van der Waals surface area (Å²) in [6, 6.07) is 3.03. The highest BCUT2D eigenvalue weighted by Crippen LogP contribution is 2.41. The number of nitrogens with two attached hydrogens (primary N) is 1. The van der Waals surface area contributed by atoms with E-state index in [1.54, 1.807) is 12.1 Å². The number of rotatable bonds is 3. The molecule has 3 N–H and O–H groups in total. The Hall–Kier alpha value is -1.50. The molecule has 0 aromatic heterocycles. The zero-order valence-corrected chi connectivity index (χ0v) is 12.4. The lowest BCUT2D eigenvalue weighted by molar-refractivity contribution is -0.123. The smallest absolute Gasteiger partial charge is 0.239 e. The Kier molecular flexibility index (Phi) is 4.19. The Balaban J connectivity index is 1.93. The maximum absolute atomic E-state index is 12.0. The van der Waals surface area contributed by atoms with Crippen LogP contribution in [0.1, 0.15) is 18.0 Å². The number of carbonyl (C=O) groups is 1. The molecule has 2 aliphatic heterocycles. The summed E-state index contributed by atoms with van der Waals surface area (Å²) in [7, 11) is 0. The fourth-order valence-electron chi connectivity index (χ4n) is 2.83. The lowest BCUT2D eigenvalue weighted by atomic mass is 10.0. The van der Waals surface area contributed by atoms with Gasteiger partial charge in [-0.25, -0.2) is 0 Å². The lowest BCUT2D eigenvalue weighted by Gasteiger charge is -2.28. The molecule has 0 spiro atoms. The number of nitrogens with zero attached hydrogens (tertiary/aromatic N) is 1. The van der Waals surface area contributed by atoms with Crippen molar-refractivity contribution in [3.8, 4) is 11.5 Å². The number of carbonyl (C=O) groups excluding carboxylic acids is 1. The zero-order valence-electron chi connectivity index (χ0n) is 11.6. The second kappa shape index (κ2) is 6.09. The number of benzene rings is 1. The van der Waals surface area contributed by atoms with Gasteiger partial charge in [0.15, 0.2) is 11.5 Å². The first kappa shape index (κ1) is 14.4. The van der Waals surface area contributed by atoms with Gasteiger partial charge in [0.05, 0.1) is 5.02 Å². The van der Waals surface area contributed by atoms with Crippen LogP contribution in [0.3, 0.4) is 0 Å². The van der Waals surface area contributed by atoms with Crippen LogP contribution in [0.4, 0.5) is 0 Å². The monoisotopic (exact) mass is 311 g/mol. The first-order valence-electron chi connectivity index (χ1n) is 7.00. The standard InChI is InChI=1S/C14H18ClN3O3/c15-10-6-9(7-11-13(10)21-8-20-11)12(14(16)19)18-4-1-2-17-3-5-18/h6-7,12,17H,1-5,8H2,(H2,16,19). The van der Waals surface area contributed by atoms with Crippen LogP contribution in [-0.4, -0.2) is 43.8 Å². The number of halogens is 1. The third-order valence-electron chi connectivity index (χ3n) is 3.77. The first-order valence-corrected chi connectivity index (χ1v) is 7.38. The summed E-state index contributed by atoms with van der Waals surface area (Å²) in [6.45, 7) is 3.51. The molecule has 0 radical (unpaired) electrons. The Morgan fingerprint density at radius 1 is 1.33 bits per heavy atom. The van der Waals surface area contributed by atoms with Crippen molar-refractivity contribution < 1.29 is 14.3 Å². The molecule has 0 aliphatic carbocycles. The van der Waals surface area contributed by atoms with Crippen LogP contribution in [0.2, 0.25) is 5.02 Å². The summed E-state index contributed by atoms with van der Waals surface area (Å²) in [5, 5.41) is 3.75. The molecule has 2 aliphatic rings. The van der Waals surface area contributed by atoms with Crippen molar-refractivity contribution in [2.75, 3.05) is 33.0 Å². The molecular weight excluding hydrogens is 294 g/mol. The van der Waals surface area contributed by atoms with Crippen molar-refractivity contribution >= 4 is 17.5 Å². The van der Waals surface area contributed by atoms with Crippen LogP contribution in [0.5, 0.6) is 11.5 Å². The minimum absolute atomic E-state index is 0.146. The van der Waals surface area contributed by atoms with Gasteiger partial charge >= 0.3 is 0 Å². The molecule has 1 unspecified atom stereocenters. The normalized spacial score (nSPS) is 20.0. The topological polar surface area (TPSA) is 76.8 Å². The molecule has 1 aromatic carbocycles. The third-order valence-corrected chi connectivity index (χ3v) is 4.06. The summed E-state index contributed by atoms with van der Waals surface area (Å²) in [4.78, 5) is 14.0. The summed E-state index contributed by atoms with van der Waals surface area (Å²) in [6.07, 6.45) is 0.974. The predicted molar refractivity (Wildman–Crippen MR) is 78.6 cm³/mol. The number of hydrogen-bond acceptors (Lipinski definition) is 5. The van der Waals surface area contributed by atoms with Gasteiger partial charge in [0.2, 0.25) is 12.7 Å². The van der Waals surface area contributed by atoms with Gasteiger partial charge in [-0.05, 0) is 30.7 Å². The number of amides is 1. The minimum Gasteiger partial charge on any atom is -0.454 e. The van der Waals surface area contributed by atoms with E-state index in [0.29, 0.717) is 16.5 Å². The predicted octanol–water partition coefficient (Wildman–Crippen LogP) is 0.890. The average Bonchev–Trinajstić information content (AvgIpc) is 2.76. The van der Waals surface area contributed by atoms with Crippen LogP contribution >= 0.6 is 11.6 Å². The fraction of sp³-hybridized carbons (Fsp3) is 0.500.